The van der Waals surface area contributed by atoms with Crippen LogP contribution in [0.3, 0.4) is 0 Å². The average Bonchev–Trinajstić information content (AvgIpc) is 3.08. The van der Waals surface area contributed by atoms with E-state index >= 15 is 0 Å². The molecule has 0 aliphatic heterocycles. The van der Waals surface area contributed by atoms with Crippen molar-refractivity contribution in [3.63, 3.8) is 0 Å². The van der Waals surface area contributed by atoms with Crippen LogP contribution in [-0.4, -0.2) is 34.2 Å². The molecule has 4 heterocycles. The Balaban J connectivity index is 1.62. The van der Waals surface area contributed by atoms with E-state index in [1.807, 2.05) is 19.9 Å². The molecule has 0 aliphatic carbocycles. The molecule has 4 rings (SSSR count). The Hall–Kier alpha value is -2.33. The minimum Gasteiger partial charge on any atom is -0.267 e. The average molecular weight is 359 g/mol. The Kier molecular flexibility index (Phi) is 3.57. The Morgan fingerprint density at radius 3 is 2.67 bits per heavy atom. The van der Waals surface area contributed by atoms with E-state index < -0.39 is 0 Å². The van der Waals surface area contributed by atoms with Crippen LogP contribution in [0.4, 0.5) is 0 Å². The molecule has 4 aromatic heterocycles. The van der Waals surface area contributed by atoms with Gasteiger partial charge in [0.1, 0.15) is 5.01 Å². The third kappa shape index (κ3) is 2.67. The first kappa shape index (κ1) is 15.2. The number of thioether (sulfide) groups is 1. The first-order valence-corrected chi connectivity index (χ1v) is 9.00. The van der Waals surface area contributed by atoms with Crippen molar-refractivity contribution < 1.29 is 0 Å². The molecule has 0 aromatic carbocycles. The van der Waals surface area contributed by atoms with Gasteiger partial charge in [-0.15, -0.1) is 5.10 Å². The molecule has 0 bridgehead atoms. The Bertz CT molecular complexity index is 1130. The zero-order valence-electron chi connectivity index (χ0n) is 13.2. The largest absolute Gasteiger partial charge is 0.275 e. The van der Waals surface area contributed by atoms with Crippen molar-refractivity contribution in [2.45, 2.75) is 31.7 Å². The van der Waals surface area contributed by atoms with E-state index in [0.717, 1.165) is 16.4 Å². The Morgan fingerprint density at radius 1 is 1.04 bits per heavy atom. The molecule has 0 aliphatic rings. The van der Waals surface area contributed by atoms with Gasteiger partial charge in [-0.25, -0.2) is 14.5 Å². The van der Waals surface area contributed by atoms with Crippen LogP contribution in [0.2, 0.25) is 0 Å². The number of hydrogen-bond donors (Lipinski definition) is 0. The summed E-state index contributed by atoms with van der Waals surface area (Å²) < 4.78 is 3.06. The molecule has 0 amide bonds. The molecular formula is C14H13N7OS2. The van der Waals surface area contributed by atoms with Crippen LogP contribution in [0.25, 0.3) is 10.7 Å². The molecule has 24 heavy (non-hydrogen) atoms. The summed E-state index contributed by atoms with van der Waals surface area (Å²) in [6, 6.07) is 3.44. The second kappa shape index (κ2) is 5.64. The number of fused-ring (bicyclic) bond motifs is 2. The number of rotatable bonds is 3. The third-order valence-corrected chi connectivity index (χ3v) is 5.28. The quantitative estimate of drug-likeness (QED) is 0.515. The molecule has 0 fully saturated rings. The zero-order chi connectivity index (χ0) is 16.8. The molecule has 0 N–H and O–H groups in total. The van der Waals surface area contributed by atoms with Crippen molar-refractivity contribution in [3.05, 3.63) is 44.6 Å². The van der Waals surface area contributed by atoms with Gasteiger partial charge in [-0.2, -0.15) is 14.6 Å². The van der Waals surface area contributed by atoms with Crippen molar-refractivity contribution in [3.8, 4) is 0 Å². The summed E-state index contributed by atoms with van der Waals surface area (Å²) in [7, 11) is 0. The van der Waals surface area contributed by atoms with Gasteiger partial charge in [-0.1, -0.05) is 23.1 Å². The summed E-state index contributed by atoms with van der Waals surface area (Å²) in [6.45, 7) is 5.70. The lowest BCUT2D eigenvalue weighted by Gasteiger charge is -1.97. The normalized spacial score (nSPS) is 11.6. The van der Waals surface area contributed by atoms with Gasteiger partial charge in [-0.3, -0.25) is 4.79 Å². The Morgan fingerprint density at radius 2 is 1.83 bits per heavy atom. The van der Waals surface area contributed by atoms with Crippen LogP contribution in [0.1, 0.15) is 22.1 Å². The highest BCUT2D eigenvalue weighted by Gasteiger charge is 2.12. The minimum absolute atomic E-state index is 0.161. The predicted octanol–water partition coefficient (Wildman–Crippen LogP) is 1.81. The van der Waals surface area contributed by atoms with Crippen LogP contribution in [0.5, 0.6) is 0 Å². The fourth-order valence-electron chi connectivity index (χ4n) is 2.35. The summed E-state index contributed by atoms with van der Waals surface area (Å²) >= 11 is 2.86. The zero-order valence-corrected chi connectivity index (χ0v) is 14.9. The third-order valence-electron chi connectivity index (χ3n) is 3.34. The second-order valence-electron chi connectivity index (χ2n) is 5.36. The van der Waals surface area contributed by atoms with Gasteiger partial charge in [0.25, 0.3) is 11.3 Å². The molecular weight excluding hydrogens is 346 g/mol. The van der Waals surface area contributed by atoms with Crippen LogP contribution in [-0.2, 0) is 5.75 Å². The molecule has 0 atom stereocenters. The number of aryl methyl sites for hydroxylation is 3. The molecule has 0 unspecified atom stereocenters. The van der Waals surface area contributed by atoms with Crippen molar-refractivity contribution in [2.75, 3.05) is 0 Å². The summed E-state index contributed by atoms with van der Waals surface area (Å²) in [4.78, 5) is 25.6. The maximum Gasteiger partial charge on any atom is 0.275 e. The minimum atomic E-state index is -0.161. The van der Waals surface area contributed by atoms with Crippen LogP contribution < -0.4 is 5.56 Å². The maximum atomic E-state index is 11.9. The van der Waals surface area contributed by atoms with Gasteiger partial charge in [0.2, 0.25) is 10.1 Å². The van der Waals surface area contributed by atoms with Crippen molar-refractivity contribution in [1.29, 1.82) is 0 Å². The highest BCUT2D eigenvalue weighted by atomic mass is 32.2. The summed E-state index contributed by atoms with van der Waals surface area (Å²) in [5.41, 5.74) is 2.44. The summed E-state index contributed by atoms with van der Waals surface area (Å²) in [5.74, 6) is 1.16. The molecule has 0 spiro atoms. The van der Waals surface area contributed by atoms with Crippen molar-refractivity contribution >= 4 is 33.8 Å². The molecule has 0 saturated heterocycles. The van der Waals surface area contributed by atoms with Gasteiger partial charge in [0.05, 0.1) is 5.75 Å². The first-order valence-electron chi connectivity index (χ1n) is 7.20. The van der Waals surface area contributed by atoms with E-state index in [1.165, 1.54) is 33.7 Å². The second-order valence-corrected chi connectivity index (χ2v) is 7.34. The Labute approximate surface area is 144 Å². The lowest BCUT2D eigenvalue weighted by atomic mass is 10.4. The van der Waals surface area contributed by atoms with Gasteiger partial charge < -0.3 is 0 Å². The summed E-state index contributed by atoms with van der Waals surface area (Å²) in [5, 5.41) is 10.2. The molecule has 0 saturated carbocycles. The highest BCUT2D eigenvalue weighted by Crippen LogP contribution is 2.23. The topological polar surface area (TPSA) is 90.3 Å². The molecule has 4 aromatic rings. The van der Waals surface area contributed by atoms with Gasteiger partial charge in [-0.05, 0) is 26.8 Å². The molecule has 0 radical (unpaired) electrons. The van der Waals surface area contributed by atoms with E-state index in [1.54, 1.807) is 11.4 Å². The highest BCUT2D eigenvalue weighted by molar-refractivity contribution is 7.98. The van der Waals surface area contributed by atoms with Crippen LogP contribution in [0.15, 0.2) is 22.1 Å². The SMILES string of the molecule is Cc1cc(C)n2nc(SCc3nn4c(=O)cc(C)nc4s3)nc2n1. The number of hydrogen-bond acceptors (Lipinski definition) is 8. The fourth-order valence-corrected chi connectivity index (χ4v) is 4.10. The standard InChI is InChI=1S/C14H13N7OS2/c1-7-4-9(3)20-12(15-7)17-13(19-20)23-6-10-18-21-11(22)5-8(2)16-14(21)24-10/h4-5H,6H2,1-3H3. The lowest BCUT2D eigenvalue weighted by Crippen LogP contribution is -2.14. The lowest BCUT2D eigenvalue weighted by molar-refractivity contribution is 0.841. The van der Waals surface area contributed by atoms with E-state index in [9.17, 15) is 4.79 Å². The van der Waals surface area contributed by atoms with Crippen LogP contribution >= 0.6 is 23.1 Å². The monoisotopic (exact) mass is 359 g/mol. The molecule has 8 nitrogen and oxygen atoms in total. The fraction of sp³-hybridized carbons (Fsp3) is 0.286. The predicted molar refractivity (Wildman–Crippen MR) is 91.7 cm³/mol. The molecule has 122 valence electrons. The number of aromatic nitrogens is 7. The van der Waals surface area contributed by atoms with Crippen molar-refractivity contribution in [2.24, 2.45) is 0 Å². The first-order chi connectivity index (χ1) is 11.5. The smallest absolute Gasteiger partial charge is 0.267 e. The van der Waals surface area contributed by atoms with E-state index in [4.69, 9.17) is 0 Å². The summed E-state index contributed by atoms with van der Waals surface area (Å²) in [6.07, 6.45) is 0. The van der Waals surface area contributed by atoms with Crippen LogP contribution in [0, 0.1) is 20.8 Å². The van der Waals surface area contributed by atoms with E-state index in [0.29, 0.717) is 27.3 Å². The molecule has 10 heteroatoms. The van der Waals surface area contributed by atoms with E-state index in [2.05, 4.69) is 25.1 Å². The van der Waals surface area contributed by atoms with Gasteiger partial charge in [0, 0.05) is 23.1 Å². The number of nitrogens with zero attached hydrogens (tertiary/aromatic N) is 7. The van der Waals surface area contributed by atoms with Crippen molar-refractivity contribution in [1.82, 2.24) is 34.2 Å². The van der Waals surface area contributed by atoms with E-state index in [-0.39, 0.29) is 5.56 Å². The van der Waals surface area contributed by atoms with Gasteiger partial charge >= 0.3 is 0 Å². The maximum absolute atomic E-state index is 11.9. The van der Waals surface area contributed by atoms with Gasteiger partial charge in [0.15, 0.2) is 0 Å².